The summed E-state index contributed by atoms with van der Waals surface area (Å²) in [6.07, 6.45) is -3.03. The van der Waals surface area contributed by atoms with Gasteiger partial charge in [-0.2, -0.15) is 0 Å². The number of hydrogen-bond acceptors (Lipinski definition) is 8. The van der Waals surface area contributed by atoms with Crippen LogP contribution in [-0.2, 0) is 19.1 Å². The zero-order valence-corrected chi connectivity index (χ0v) is 17.7. The predicted octanol–water partition coefficient (Wildman–Crippen LogP) is -7.72. The smallest absolute Gasteiger partial charge is 0.546 e. The second kappa shape index (κ2) is 11.6. The van der Waals surface area contributed by atoms with Gasteiger partial charge in [-0.05, 0) is 26.0 Å². The molecule has 0 saturated carbocycles. The van der Waals surface area contributed by atoms with Crippen LogP contribution in [0.2, 0.25) is 0 Å². The molecule has 2 unspecified atom stereocenters. The van der Waals surface area contributed by atoms with Gasteiger partial charge >= 0.3 is 71.1 Å². The molecule has 0 aliphatic rings. The Bertz CT molecular complexity index is 564. The van der Waals surface area contributed by atoms with Gasteiger partial charge in [-0.15, -0.1) is 0 Å². The van der Waals surface area contributed by atoms with E-state index in [1.165, 1.54) is 24.3 Å². The molecule has 8 nitrogen and oxygen atoms in total. The van der Waals surface area contributed by atoms with E-state index in [0.717, 1.165) is 13.8 Å². The van der Waals surface area contributed by atoms with E-state index in [2.05, 4.69) is 9.47 Å². The number of ether oxygens (including phenoxy) is 2. The Kier molecular flexibility index (Phi) is 12.3. The zero-order chi connectivity index (χ0) is 16.9. The molecule has 118 valence electrons. The molecule has 0 aromatic heterocycles. The quantitative estimate of drug-likeness (QED) is 0.363. The van der Waals surface area contributed by atoms with Crippen LogP contribution >= 0.6 is 0 Å². The molecule has 0 heterocycles. The molecule has 0 spiro atoms. The van der Waals surface area contributed by atoms with Gasteiger partial charge in [0.2, 0.25) is 0 Å². The summed E-state index contributed by atoms with van der Waals surface area (Å²) < 4.78 is 9.21. The molecule has 0 radical (unpaired) electrons. The molecule has 0 bridgehead atoms. The topological polar surface area (TPSA) is 133 Å². The molecule has 10 heteroatoms. The van der Waals surface area contributed by atoms with Crippen molar-refractivity contribution in [1.82, 2.24) is 0 Å². The van der Waals surface area contributed by atoms with Crippen molar-refractivity contribution in [3.05, 3.63) is 35.4 Å². The SMILES string of the molecule is CC(OC(=O)c1ccccc1C(=O)OC(C)C(=O)[O-])C(=O)[O-].[Na+].[Na+]. The van der Waals surface area contributed by atoms with Crippen LogP contribution in [0.25, 0.3) is 0 Å². The van der Waals surface area contributed by atoms with Gasteiger partial charge < -0.3 is 29.3 Å². The molecule has 2 atom stereocenters. The number of benzene rings is 1. The molecule has 1 aromatic carbocycles. The monoisotopic (exact) mass is 354 g/mol. The maximum absolute atomic E-state index is 11.9. The molecule has 1 aromatic rings. The molecule has 0 aliphatic carbocycles. The van der Waals surface area contributed by atoms with Crippen molar-refractivity contribution in [3.63, 3.8) is 0 Å². The number of carbonyl (C=O) groups is 4. The number of carbonyl (C=O) groups excluding carboxylic acids is 4. The Morgan fingerprint density at radius 3 is 1.33 bits per heavy atom. The van der Waals surface area contributed by atoms with E-state index in [4.69, 9.17) is 0 Å². The molecular weight excluding hydrogens is 342 g/mol. The fourth-order valence-electron chi connectivity index (χ4n) is 1.38. The minimum atomic E-state index is -1.60. The first kappa shape index (κ1) is 25.3. The Morgan fingerprint density at radius 1 is 0.792 bits per heavy atom. The Labute approximate surface area is 182 Å². The molecule has 0 amide bonds. The predicted molar refractivity (Wildman–Crippen MR) is 66.2 cm³/mol. The summed E-state index contributed by atoms with van der Waals surface area (Å²) in [5, 5.41) is 21.1. The van der Waals surface area contributed by atoms with Crippen LogP contribution in [0.5, 0.6) is 0 Å². The average Bonchev–Trinajstić information content (AvgIpc) is 2.46. The fraction of sp³-hybridized carbons (Fsp3) is 0.286. The molecular formula is C14H12Na2O8. The molecule has 0 N–H and O–H groups in total. The largest absolute Gasteiger partial charge is 1.00 e. The van der Waals surface area contributed by atoms with Gasteiger partial charge in [0.25, 0.3) is 0 Å². The summed E-state index contributed by atoms with van der Waals surface area (Å²) in [7, 11) is 0. The standard InChI is InChI=1S/C14H14O8.2Na/c1-7(11(15)16)21-13(19)9-5-3-4-6-10(9)14(20)22-8(2)12(17)18;;/h3-8H,1-2H3,(H,15,16)(H,17,18);;/q;2*+1/p-2. The summed E-state index contributed by atoms with van der Waals surface area (Å²) in [4.78, 5) is 44.8. The van der Waals surface area contributed by atoms with E-state index in [-0.39, 0.29) is 70.2 Å². The Hall–Kier alpha value is -0.900. The van der Waals surface area contributed by atoms with Gasteiger partial charge in [0.05, 0.1) is 23.1 Å². The van der Waals surface area contributed by atoms with Gasteiger partial charge in [0.15, 0.2) is 0 Å². The van der Waals surface area contributed by atoms with Crippen LogP contribution in [0.3, 0.4) is 0 Å². The van der Waals surface area contributed by atoms with Crippen LogP contribution in [0.15, 0.2) is 24.3 Å². The second-order valence-corrected chi connectivity index (χ2v) is 4.28. The van der Waals surface area contributed by atoms with E-state index in [0.29, 0.717) is 0 Å². The van der Waals surface area contributed by atoms with Gasteiger partial charge in [-0.3, -0.25) is 0 Å². The summed E-state index contributed by atoms with van der Waals surface area (Å²) in [6.45, 7) is 2.18. The van der Waals surface area contributed by atoms with Crippen molar-refractivity contribution < 1.29 is 98.0 Å². The number of rotatable bonds is 6. The van der Waals surface area contributed by atoms with Crippen LogP contribution in [0.1, 0.15) is 34.6 Å². The minimum absolute atomic E-state index is 0. The zero-order valence-electron chi connectivity index (χ0n) is 13.7. The molecule has 0 saturated heterocycles. The van der Waals surface area contributed by atoms with Gasteiger partial charge in [0.1, 0.15) is 12.2 Å². The van der Waals surface area contributed by atoms with Crippen molar-refractivity contribution >= 4 is 23.9 Å². The van der Waals surface area contributed by atoms with E-state index in [9.17, 15) is 29.4 Å². The van der Waals surface area contributed by atoms with Crippen molar-refractivity contribution in [2.75, 3.05) is 0 Å². The maximum atomic E-state index is 11.9. The normalized spacial score (nSPS) is 11.8. The Morgan fingerprint density at radius 2 is 1.08 bits per heavy atom. The van der Waals surface area contributed by atoms with E-state index in [1.807, 2.05) is 0 Å². The van der Waals surface area contributed by atoms with E-state index >= 15 is 0 Å². The maximum Gasteiger partial charge on any atom is 1.00 e. The third-order valence-electron chi connectivity index (χ3n) is 2.60. The number of carboxylic acid groups (broad SMARTS) is 2. The molecule has 24 heavy (non-hydrogen) atoms. The van der Waals surface area contributed by atoms with E-state index < -0.39 is 36.1 Å². The third-order valence-corrected chi connectivity index (χ3v) is 2.60. The van der Waals surface area contributed by atoms with Crippen LogP contribution in [0, 0.1) is 0 Å². The fourth-order valence-corrected chi connectivity index (χ4v) is 1.38. The van der Waals surface area contributed by atoms with Crippen molar-refractivity contribution in [3.8, 4) is 0 Å². The van der Waals surface area contributed by atoms with Gasteiger partial charge in [0, 0.05) is 0 Å². The number of carboxylic acids is 2. The third kappa shape index (κ3) is 7.33. The number of esters is 2. The number of hydrogen-bond donors (Lipinski definition) is 0. The van der Waals surface area contributed by atoms with Crippen LogP contribution in [0.4, 0.5) is 0 Å². The van der Waals surface area contributed by atoms with Crippen molar-refractivity contribution in [2.24, 2.45) is 0 Å². The van der Waals surface area contributed by atoms with E-state index in [1.54, 1.807) is 0 Å². The first-order valence-corrected chi connectivity index (χ1v) is 6.16. The second-order valence-electron chi connectivity index (χ2n) is 4.28. The summed E-state index contributed by atoms with van der Waals surface area (Å²) in [6, 6.07) is 5.26. The molecule has 1 rings (SSSR count). The number of aliphatic carboxylic acids is 2. The Balaban J connectivity index is 0. The van der Waals surface area contributed by atoms with Crippen LogP contribution < -0.4 is 69.3 Å². The van der Waals surface area contributed by atoms with Gasteiger partial charge in [-0.1, -0.05) is 12.1 Å². The minimum Gasteiger partial charge on any atom is -0.546 e. The first-order chi connectivity index (χ1) is 10.2. The molecule has 0 aliphatic heterocycles. The van der Waals surface area contributed by atoms with Crippen LogP contribution in [-0.4, -0.2) is 36.1 Å². The van der Waals surface area contributed by atoms with Crippen molar-refractivity contribution in [1.29, 1.82) is 0 Å². The molecule has 0 fully saturated rings. The summed E-state index contributed by atoms with van der Waals surface area (Å²) in [5.41, 5.74) is -0.516. The van der Waals surface area contributed by atoms with Gasteiger partial charge in [-0.25, -0.2) is 9.59 Å². The first-order valence-electron chi connectivity index (χ1n) is 6.16. The summed E-state index contributed by atoms with van der Waals surface area (Å²) in [5.74, 6) is -5.35. The average molecular weight is 354 g/mol. The summed E-state index contributed by atoms with van der Waals surface area (Å²) >= 11 is 0. The van der Waals surface area contributed by atoms with Crippen molar-refractivity contribution in [2.45, 2.75) is 26.1 Å².